The first-order valence-corrected chi connectivity index (χ1v) is 13.3. The molecule has 2 heteroatoms. The van der Waals surface area contributed by atoms with Crippen LogP contribution in [-0.4, -0.2) is 9.97 Å². The zero-order chi connectivity index (χ0) is 22.9. The predicted molar refractivity (Wildman–Crippen MR) is 141 cm³/mol. The molecule has 4 rings (SSSR count). The molecule has 0 amide bonds. The topological polar surface area (TPSA) is 25.8 Å². The Morgan fingerprint density at radius 2 is 1.18 bits per heavy atom. The molecule has 174 valence electrons. The Kier molecular flexibility index (Phi) is 8.69. The van der Waals surface area contributed by atoms with Crippen molar-refractivity contribution in [3.8, 4) is 22.5 Å². The maximum atomic E-state index is 4.70. The van der Waals surface area contributed by atoms with Crippen LogP contribution in [0.15, 0.2) is 48.8 Å². The van der Waals surface area contributed by atoms with Crippen LogP contribution in [-0.2, 0) is 19.3 Å². The van der Waals surface area contributed by atoms with Gasteiger partial charge in [-0.3, -0.25) is 0 Å². The smallest absolute Gasteiger partial charge is 0.159 e. The number of fused-ring (bicyclic) bond motifs is 3. The van der Waals surface area contributed by atoms with E-state index in [0.29, 0.717) is 0 Å². The second-order valence-electron chi connectivity index (χ2n) is 9.78. The van der Waals surface area contributed by atoms with Gasteiger partial charge in [-0.25, -0.2) is 9.97 Å². The monoisotopic (exact) mass is 440 g/mol. The number of hydrogen-bond donors (Lipinski definition) is 0. The van der Waals surface area contributed by atoms with E-state index in [0.717, 1.165) is 24.2 Å². The van der Waals surface area contributed by atoms with Crippen molar-refractivity contribution in [2.75, 3.05) is 0 Å². The number of aryl methyl sites for hydroxylation is 2. The quantitative estimate of drug-likeness (QED) is 0.194. The molecule has 0 aliphatic heterocycles. The molecular weight excluding hydrogens is 400 g/mol. The van der Waals surface area contributed by atoms with Gasteiger partial charge in [-0.15, -0.1) is 0 Å². The van der Waals surface area contributed by atoms with E-state index in [1.807, 2.05) is 12.4 Å². The first-order chi connectivity index (χ1) is 16.3. The molecule has 0 N–H and O–H groups in total. The molecule has 1 aliphatic rings. The molecule has 2 aromatic carbocycles. The molecule has 33 heavy (non-hydrogen) atoms. The van der Waals surface area contributed by atoms with Gasteiger partial charge in [-0.2, -0.15) is 0 Å². The van der Waals surface area contributed by atoms with Crippen molar-refractivity contribution in [2.45, 2.75) is 97.3 Å². The Morgan fingerprint density at radius 3 is 1.91 bits per heavy atom. The summed E-state index contributed by atoms with van der Waals surface area (Å²) < 4.78 is 0. The van der Waals surface area contributed by atoms with Gasteiger partial charge in [0.25, 0.3) is 0 Å². The highest BCUT2D eigenvalue weighted by Gasteiger charge is 2.19. The van der Waals surface area contributed by atoms with Crippen molar-refractivity contribution in [1.29, 1.82) is 0 Å². The Balaban J connectivity index is 1.35. The summed E-state index contributed by atoms with van der Waals surface area (Å²) in [5.41, 5.74) is 9.55. The Morgan fingerprint density at radius 1 is 0.606 bits per heavy atom. The lowest BCUT2D eigenvalue weighted by atomic mass is 10.00. The summed E-state index contributed by atoms with van der Waals surface area (Å²) >= 11 is 0. The van der Waals surface area contributed by atoms with Crippen molar-refractivity contribution in [1.82, 2.24) is 9.97 Å². The van der Waals surface area contributed by atoms with Gasteiger partial charge in [-0.1, -0.05) is 95.5 Å². The second-order valence-corrected chi connectivity index (χ2v) is 9.78. The second kappa shape index (κ2) is 12.1. The third-order valence-electron chi connectivity index (χ3n) is 7.05. The number of unbranched alkanes of at least 4 members (excludes halogenated alkanes) is 8. The van der Waals surface area contributed by atoms with Crippen LogP contribution in [0, 0.1) is 0 Å². The van der Waals surface area contributed by atoms with Gasteiger partial charge in [0.15, 0.2) is 5.82 Å². The van der Waals surface area contributed by atoms with E-state index < -0.39 is 0 Å². The van der Waals surface area contributed by atoms with Crippen molar-refractivity contribution in [3.05, 3.63) is 71.0 Å². The molecule has 0 spiro atoms. The summed E-state index contributed by atoms with van der Waals surface area (Å²) in [5.74, 6) is 0.845. The van der Waals surface area contributed by atoms with E-state index in [2.05, 4.69) is 50.2 Å². The lowest BCUT2D eigenvalue weighted by Crippen LogP contribution is -1.94. The van der Waals surface area contributed by atoms with Gasteiger partial charge in [0.1, 0.15) is 0 Å². The first-order valence-electron chi connectivity index (χ1n) is 13.3. The number of nitrogens with zero attached hydrogens (tertiary/aromatic N) is 2. The van der Waals surface area contributed by atoms with E-state index >= 15 is 0 Å². The minimum Gasteiger partial charge on any atom is -0.236 e. The fraction of sp³-hybridized carbons (Fsp3) is 0.484. The van der Waals surface area contributed by atoms with Gasteiger partial charge in [-0.05, 0) is 71.6 Å². The standard InChI is InChI=1S/C31H40N2/c1-3-5-7-9-10-12-14-25-22-32-31(33-23-25)26-16-18-30-28(20-26)21-27-19-24(15-17-29(27)30)13-11-8-6-4-2/h15-20,22-23H,3-14,21H2,1-2H3. The summed E-state index contributed by atoms with van der Waals surface area (Å²) in [6.07, 6.45) is 20.6. The van der Waals surface area contributed by atoms with Crippen LogP contribution >= 0.6 is 0 Å². The molecule has 0 saturated heterocycles. The van der Waals surface area contributed by atoms with E-state index in [-0.39, 0.29) is 0 Å². The molecule has 0 radical (unpaired) electrons. The molecule has 0 unspecified atom stereocenters. The summed E-state index contributed by atoms with van der Waals surface area (Å²) in [5, 5.41) is 0. The van der Waals surface area contributed by atoms with Gasteiger partial charge >= 0.3 is 0 Å². The summed E-state index contributed by atoms with van der Waals surface area (Å²) in [7, 11) is 0. The molecule has 0 bridgehead atoms. The minimum atomic E-state index is 0.845. The zero-order valence-electron chi connectivity index (χ0n) is 20.7. The van der Waals surface area contributed by atoms with Crippen LogP contribution in [0.25, 0.3) is 22.5 Å². The maximum Gasteiger partial charge on any atom is 0.159 e. The molecule has 2 nitrogen and oxygen atoms in total. The molecule has 3 aromatic rings. The van der Waals surface area contributed by atoms with E-state index in [1.54, 1.807) is 0 Å². The maximum absolute atomic E-state index is 4.70. The molecule has 1 aromatic heterocycles. The predicted octanol–water partition coefficient (Wildman–Crippen LogP) is 8.74. The third kappa shape index (κ3) is 6.31. The van der Waals surface area contributed by atoms with Gasteiger partial charge in [0, 0.05) is 18.0 Å². The van der Waals surface area contributed by atoms with Crippen LogP contribution < -0.4 is 0 Å². The van der Waals surface area contributed by atoms with Gasteiger partial charge < -0.3 is 0 Å². The lowest BCUT2D eigenvalue weighted by molar-refractivity contribution is 0.607. The van der Waals surface area contributed by atoms with Crippen LogP contribution in [0.2, 0.25) is 0 Å². The van der Waals surface area contributed by atoms with Gasteiger partial charge in [0.2, 0.25) is 0 Å². The lowest BCUT2D eigenvalue weighted by Gasteiger charge is -2.06. The number of benzene rings is 2. The Labute approximate surface area is 200 Å². The fourth-order valence-corrected chi connectivity index (χ4v) is 5.06. The van der Waals surface area contributed by atoms with Crippen LogP contribution in [0.4, 0.5) is 0 Å². The zero-order valence-corrected chi connectivity index (χ0v) is 20.7. The highest BCUT2D eigenvalue weighted by atomic mass is 14.9. The van der Waals surface area contributed by atoms with Crippen molar-refractivity contribution >= 4 is 0 Å². The van der Waals surface area contributed by atoms with Crippen molar-refractivity contribution in [2.24, 2.45) is 0 Å². The van der Waals surface area contributed by atoms with Crippen LogP contribution in [0.1, 0.15) is 100 Å². The molecule has 0 fully saturated rings. The molecule has 1 heterocycles. The summed E-state index contributed by atoms with van der Waals surface area (Å²) in [6.45, 7) is 4.54. The number of aromatic nitrogens is 2. The van der Waals surface area contributed by atoms with E-state index in [4.69, 9.17) is 9.97 Å². The first kappa shape index (κ1) is 23.7. The molecule has 0 saturated carbocycles. The Bertz CT molecular complexity index is 1020. The highest BCUT2D eigenvalue weighted by molar-refractivity contribution is 5.79. The number of rotatable bonds is 13. The van der Waals surface area contributed by atoms with Crippen LogP contribution in [0.5, 0.6) is 0 Å². The van der Waals surface area contributed by atoms with Gasteiger partial charge in [0.05, 0.1) is 0 Å². The average Bonchev–Trinajstić information content (AvgIpc) is 3.21. The van der Waals surface area contributed by atoms with Crippen molar-refractivity contribution in [3.63, 3.8) is 0 Å². The van der Waals surface area contributed by atoms with E-state index in [9.17, 15) is 0 Å². The third-order valence-corrected chi connectivity index (χ3v) is 7.05. The fourth-order valence-electron chi connectivity index (χ4n) is 5.06. The average molecular weight is 441 g/mol. The normalized spacial score (nSPS) is 12.1. The summed E-state index contributed by atoms with van der Waals surface area (Å²) in [6, 6.07) is 13.9. The molecule has 1 aliphatic carbocycles. The van der Waals surface area contributed by atoms with E-state index in [1.165, 1.54) is 104 Å². The van der Waals surface area contributed by atoms with Crippen LogP contribution in [0.3, 0.4) is 0 Å². The highest BCUT2D eigenvalue weighted by Crippen LogP contribution is 2.38. The molecular formula is C31H40N2. The summed E-state index contributed by atoms with van der Waals surface area (Å²) in [4.78, 5) is 9.41. The largest absolute Gasteiger partial charge is 0.236 e. The Hall–Kier alpha value is -2.48. The molecule has 0 atom stereocenters. The SMILES string of the molecule is CCCCCCCCc1cnc(-c2ccc3c(c2)Cc2cc(CCCCCC)ccc2-3)nc1. The number of hydrogen-bond acceptors (Lipinski definition) is 2. The minimum absolute atomic E-state index is 0.845. The van der Waals surface area contributed by atoms with Crippen molar-refractivity contribution < 1.29 is 0 Å².